The molecular weight excluding hydrogens is 375 g/mol. The van der Waals surface area contributed by atoms with E-state index in [0.29, 0.717) is 0 Å². The standard InChI is InChI=1S/C13H16ClIN4/c1-19-7-6-17-13(19)5-4-12(18-16)10-8-9(14)2-3-11(10)15/h2-3,6-8,12,18H,4-5,16H2,1H3. The highest BCUT2D eigenvalue weighted by atomic mass is 127. The Morgan fingerprint density at radius 2 is 2.32 bits per heavy atom. The van der Waals surface area contributed by atoms with Crippen LogP contribution in [0.3, 0.4) is 0 Å². The van der Waals surface area contributed by atoms with E-state index in [1.54, 1.807) is 0 Å². The molecular formula is C13H16ClIN4. The average Bonchev–Trinajstić information content (AvgIpc) is 2.80. The number of hydrazine groups is 1. The highest BCUT2D eigenvalue weighted by molar-refractivity contribution is 14.1. The van der Waals surface area contributed by atoms with Gasteiger partial charge in [0.2, 0.25) is 0 Å². The van der Waals surface area contributed by atoms with Crippen LogP contribution in [0.25, 0.3) is 0 Å². The van der Waals surface area contributed by atoms with Crippen molar-refractivity contribution in [2.75, 3.05) is 0 Å². The second kappa shape index (κ2) is 6.69. The van der Waals surface area contributed by atoms with Gasteiger partial charge in [0, 0.05) is 40.5 Å². The van der Waals surface area contributed by atoms with E-state index in [0.717, 1.165) is 32.8 Å². The van der Waals surface area contributed by atoms with E-state index in [2.05, 4.69) is 33.0 Å². The zero-order chi connectivity index (χ0) is 13.8. The number of hydrogen-bond donors (Lipinski definition) is 2. The van der Waals surface area contributed by atoms with Crippen molar-refractivity contribution in [3.8, 4) is 0 Å². The Balaban J connectivity index is 2.12. The van der Waals surface area contributed by atoms with E-state index in [4.69, 9.17) is 17.4 Å². The van der Waals surface area contributed by atoms with Crippen LogP contribution in [0.15, 0.2) is 30.6 Å². The first-order valence-corrected chi connectivity index (χ1v) is 7.44. The maximum atomic E-state index is 6.05. The smallest absolute Gasteiger partial charge is 0.108 e. The summed E-state index contributed by atoms with van der Waals surface area (Å²) < 4.78 is 3.18. The quantitative estimate of drug-likeness (QED) is 0.469. The molecule has 2 rings (SSSR count). The SMILES string of the molecule is Cn1ccnc1CCC(NN)c1cc(Cl)ccc1I. The van der Waals surface area contributed by atoms with Gasteiger partial charge in [0.1, 0.15) is 5.82 Å². The molecule has 2 aromatic rings. The van der Waals surface area contributed by atoms with Gasteiger partial charge in [-0.05, 0) is 52.8 Å². The molecule has 0 aliphatic rings. The second-order valence-electron chi connectivity index (χ2n) is 4.38. The molecule has 102 valence electrons. The molecule has 4 nitrogen and oxygen atoms in total. The summed E-state index contributed by atoms with van der Waals surface area (Å²) >= 11 is 8.35. The first kappa shape index (κ1) is 14.8. The van der Waals surface area contributed by atoms with Gasteiger partial charge in [-0.3, -0.25) is 11.3 Å². The van der Waals surface area contributed by atoms with Crippen molar-refractivity contribution >= 4 is 34.2 Å². The molecule has 0 amide bonds. The normalized spacial score (nSPS) is 12.6. The fraction of sp³-hybridized carbons (Fsp3) is 0.308. The zero-order valence-corrected chi connectivity index (χ0v) is 13.5. The van der Waals surface area contributed by atoms with Gasteiger partial charge < -0.3 is 4.57 Å². The molecule has 3 N–H and O–H groups in total. The number of nitrogens with zero attached hydrogens (tertiary/aromatic N) is 2. The van der Waals surface area contributed by atoms with Crippen molar-refractivity contribution < 1.29 is 0 Å². The number of benzene rings is 1. The fourth-order valence-corrected chi connectivity index (χ4v) is 2.91. The summed E-state index contributed by atoms with van der Waals surface area (Å²) in [6.07, 6.45) is 5.49. The third-order valence-corrected chi connectivity index (χ3v) is 4.33. The van der Waals surface area contributed by atoms with Crippen molar-refractivity contribution in [3.05, 3.63) is 50.6 Å². The van der Waals surface area contributed by atoms with Gasteiger partial charge >= 0.3 is 0 Å². The summed E-state index contributed by atoms with van der Waals surface area (Å²) in [5, 5.41) is 0.729. The van der Waals surface area contributed by atoms with Crippen LogP contribution in [0.4, 0.5) is 0 Å². The van der Waals surface area contributed by atoms with Crippen molar-refractivity contribution in [2.45, 2.75) is 18.9 Å². The largest absolute Gasteiger partial charge is 0.338 e. The lowest BCUT2D eigenvalue weighted by Crippen LogP contribution is -2.29. The summed E-state index contributed by atoms with van der Waals surface area (Å²) in [4.78, 5) is 4.32. The van der Waals surface area contributed by atoms with Gasteiger partial charge in [-0.25, -0.2) is 4.98 Å². The zero-order valence-electron chi connectivity index (χ0n) is 10.6. The van der Waals surface area contributed by atoms with Crippen LogP contribution in [0.5, 0.6) is 0 Å². The van der Waals surface area contributed by atoms with Gasteiger partial charge in [-0.2, -0.15) is 0 Å². The van der Waals surface area contributed by atoms with Crippen LogP contribution < -0.4 is 11.3 Å². The number of nitrogens with two attached hydrogens (primary N) is 1. The monoisotopic (exact) mass is 390 g/mol. The molecule has 0 saturated heterocycles. The van der Waals surface area contributed by atoms with Crippen LogP contribution in [0.1, 0.15) is 23.9 Å². The molecule has 19 heavy (non-hydrogen) atoms. The van der Waals surface area contributed by atoms with Gasteiger partial charge in [0.05, 0.1) is 0 Å². The van der Waals surface area contributed by atoms with E-state index in [1.165, 1.54) is 0 Å². The summed E-state index contributed by atoms with van der Waals surface area (Å²) in [6.45, 7) is 0. The Kier molecular flexibility index (Phi) is 5.20. The molecule has 0 aliphatic carbocycles. The number of imidazole rings is 1. The lowest BCUT2D eigenvalue weighted by Gasteiger charge is -2.18. The molecule has 0 spiro atoms. The van der Waals surface area contributed by atoms with Crippen molar-refractivity contribution in [2.24, 2.45) is 12.9 Å². The van der Waals surface area contributed by atoms with Gasteiger partial charge in [0.25, 0.3) is 0 Å². The molecule has 6 heteroatoms. The average molecular weight is 391 g/mol. The predicted octanol–water partition coefficient (Wildman–Crippen LogP) is 2.82. The van der Waals surface area contributed by atoms with Crippen molar-refractivity contribution in [3.63, 3.8) is 0 Å². The Morgan fingerprint density at radius 3 is 2.95 bits per heavy atom. The Hall–Kier alpha value is -0.630. The third-order valence-electron chi connectivity index (χ3n) is 3.11. The lowest BCUT2D eigenvalue weighted by molar-refractivity contribution is 0.504. The van der Waals surface area contributed by atoms with Gasteiger partial charge in [-0.1, -0.05) is 11.6 Å². The van der Waals surface area contributed by atoms with Crippen LogP contribution in [-0.2, 0) is 13.5 Å². The minimum atomic E-state index is 0.0716. The number of halogens is 2. The van der Waals surface area contributed by atoms with Gasteiger partial charge in [0.15, 0.2) is 0 Å². The first-order valence-electron chi connectivity index (χ1n) is 5.99. The van der Waals surface area contributed by atoms with E-state index >= 15 is 0 Å². The molecule has 1 heterocycles. The van der Waals surface area contributed by atoms with E-state index in [9.17, 15) is 0 Å². The van der Waals surface area contributed by atoms with Crippen LogP contribution in [0, 0.1) is 3.57 Å². The fourth-order valence-electron chi connectivity index (χ4n) is 2.02. The summed E-state index contributed by atoms with van der Waals surface area (Å²) in [5.74, 6) is 6.73. The molecule has 0 fully saturated rings. The Morgan fingerprint density at radius 1 is 1.53 bits per heavy atom. The molecule has 1 aromatic carbocycles. The molecule has 1 unspecified atom stereocenters. The van der Waals surface area contributed by atoms with Gasteiger partial charge in [-0.15, -0.1) is 0 Å². The molecule has 0 aliphatic heterocycles. The molecule has 0 bridgehead atoms. The lowest BCUT2D eigenvalue weighted by atomic mass is 10.0. The topological polar surface area (TPSA) is 55.9 Å². The van der Waals surface area contributed by atoms with Crippen molar-refractivity contribution in [1.29, 1.82) is 0 Å². The van der Waals surface area contributed by atoms with E-state index in [-0.39, 0.29) is 6.04 Å². The highest BCUT2D eigenvalue weighted by Gasteiger charge is 2.14. The molecule has 0 radical (unpaired) electrons. The number of nitrogens with one attached hydrogen (secondary N) is 1. The molecule has 1 atom stereocenters. The number of rotatable bonds is 5. The Labute approximate surface area is 131 Å². The molecule has 0 saturated carbocycles. The highest BCUT2D eigenvalue weighted by Crippen LogP contribution is 2.26. The predicted molar refractivity (Wildman–Crippen MR) is 85.8 cm³/mol. The number of aromatic nitrogens is 2. The minimum Gasteiger partial charge on any atom is -0.338 e. The van der Waals surface area contributed by atoms with E-state index in [1.807, 2.05) is 42.2 Å². The number of hydrogen-bond acceptors (Lipinski definition) is 3. The Bertz CT molecular complexity index is 555. The second-order valence-corrected chi connectivity index (χ2v) is 5.98. The van der Waals surface area contributed by atoms with Crippen LogP contribution in [-0.4, -0.2) is 9.55 Å². The third kappa shape index (κ3) is 3.68. The summed E-state index contributed by atoms with van der Waals surface area (Å²) in [7, 11) is 2.00. The minimum absolute atomic E-state index is 0.0716. The van der Waals surface area contributed by atoms with Crippen LogP contribution in [0.2, 0.25) is 5.02 Å². The summed E-state index contributed by atoms with van der Waals surface area (Å²) in [5.41, 5.74) is 4.00. The summed E-state index contributed by atoms with van der Waals surface area (Å²) in [6, 6.07) is 5.93. The maximum absolute atomic E-state index is 6.05. The van der Waals surface area contributed by atoms with E-state index < -0.39 is 0 Å². The maximum Gasteiger partial charge on any atom is 0.108 e. The van der Waals surface area contributed by atoms with Crippen LogP contribution >= 0.6 is 34.2 Å². The number of aryl methyl sites for hydroxylation is 2. The first-order chi connectivity index (χ1) is 9.11. The molecule has 1 aromatic heterocycles. The van der Waals surface area contributed by atoms with Crippen molar-refractivity contribution in [1.82, 2.24) is 15.0 Å².